The molecule has 0 aliphatic heterocycles. The van der Waals surface area contributed by atoms with Crippen LogP contribution in [-0.2, 0) is 0 Å². The zero-order chi connectivity index (χ0) is 14.3. The number of fused-ring (bicyclic) bond motifs is 2. The maximum Gasteiger partial charge on any atom is 0.336 e. The van der Waals surface area contributed by atoms with E-state index in [4.69, 9.17) is 8.83 Å². The number of aliphatic hydroxyl groups is 1. The molecule has 102 valence electrons. The lowest BCUT2D eigenvalue weighted by molar-refractivity contribution is 0.134. The molecule has 20 heavy (non-hydrogen) atoms. The van der Waals surface area contributed by atoms with Crippen LogP contribution in [-0.4, -0.2) is 10.7 Å². The Hall–Kier alpha value is -2.33. The fourth-order valence-corrected chi connectivity index (χ4v) is 2.11. The Morgan fingerprint density at radius 2 is 1.90 bits per heavy atom. The van der Waals surface area contributed by atoms with E-state index in [0.717, 1.165) is 10.8 Å². The van der Waals surface area contributed by atoms with E-state index in [-0.39, 0.29) is 0 Å². The van der Waals surface area contributed by atoms with E-state index >= 15 is 0 Å². The van der Waals surface area contributed by atoms with Gasteiger partial charge >= 0.3 is 5.63 Å². The predicted octanol–water partition coefficient (Wildman–Crippen LogP) is 3.32. The van der Waals surface area contributed by atoms with Crippen LogP contribution in [0, 0.1) is 0 Å². The van der Waals surface area contributed by atoms with Crippen molar-refractivity contribution < 1.29 is 13.9 Å². The summed E-state index contributed by atoms with van der Waals surface area (Å²) in [6.45, 7) is 3.34. The first-order valence-corrected chi connectivity index (χ1v) is 6.30. The second-order valence-electron chi connectivity index (χ2n) is 5.29. The van der Waals surface area contributed by atoms with Gasteiger partial charge in [0.25, 0.3) is 0 Å². The van der Waals surface area contributed by atoms with Gasteiger partial charge in [-0.05, 0) is 38.1 Å². The number of rotatable bonds is 2. The molecule has 0 aliphatic carbocycles. The van der Waals surface area contributed by atoms with E-state index in [9.17, 15) is 9.90 Å². The first-order chi connectivity index (χ1) is 9.44. The molecule has 2 heterocycles. The molecular formula is C16H14O4. The molecule has 0 spiro atoms. The molecular weight excluding hydrogens is 256 g/mol. The maximum absolute atomic E-state index is 11.4. The lowest BCUT2D eigenvalue weighted by atomic mass is 10.0. The summed E-state index contributed by atoms with van der Waals surface area (Å²) in [4.78, 5) is 11.4. The van der Waals surface area contributed by atoms with Gasteiger partial charge in [0.2, 0.25) is 0 Å². The van der Waals surface area contributed by atoms with E-state index < -0.39 is 11.2 Å². The second-order valence-corrected chi connectivity index (χ2v) is 5.29. The Labute approximate surface area is 114 Å². The molecule has 0 atom stereocenters. The fourth-order valence-electron chi connectivity index (χ4n) is 2.11. The minimum atomic E-state index is -0.962. The lowest BCUT2D eigenvalue weighted by Gasteiger charge is -2.10. The Morgan fingerprint density at radius 3 is 2.65 bits per heavy atom. The molecule has 0 radical (unpaired) electrons. The zero-order valence-corrected chi connectivity index (χ0v) is 11.2. The average Bonchev–Trinajstić information content (AvgIpc) is 2.81. The van der Waals surface area contributed by atoms with Crippen molar-refractivity contribution in [1.29, 1.82) is 0 Å². The van der Waals surface area contributed by atoms with Crippen molar-refractivity contribution in [3.8, 4) is 0 Å². The van der Waals surface area contributed by atoms with Gasteiger partial charge in [0.05, 0.1) is 17.4 Å². The smallest absolute Gasteiger partial charge is 0.336 e. The fraction of sp³-hybridized carbons (Fsp3) is 0.188. The molecule has 3 aromatic rings. The van der Waals surface area contributed by atoms with Crippen LogP contribution in [0.15, 0.2) is 50.2 Å². The molecule has 0 unspecified atom stereocenters. The molecule has 0 saturated carbocycles. The summed E-state index contributed by atoms with van der Waals surface area (Å²) < 4.78 is 10.8. The van der Waals surface area contributed by atoms with Crippen molar-refractivity contribution in [2.75, 3.05) is 0 Å². The van der Waals surface area contributed by atoms with E-state index in [0.29, 0.717) is 16.7 Å². The first-order valence-electron chi connectivity index (χ1n) is 6.30. The minimum absolute atomic E-state index is 0.415. The Morgan fingerprint density at radius 1 is 1.15 bits per heavy atom. The third kappa shape index (κ3) is 2.26. The molecule has 0 aliphatic rings. The number of hydrogen-bond donors (Lipinski definition) is 1. The van der Waals surface area contributed by atoms with Crippen LogP contribution in [0.2, 0.25) is 0 Å². The molecule has 1 N–H and O–H groups in total. The van der Waals surface area contributed by atoms with Gasteiger partial charge in [0, 0.05) is 16.8 Å². The molecule has 0 bridgehead atoms. The van der Waals surface area contributed by atoms with Gasteiger partial charge in [-0.3, -0.25) is 0 Å². The lowest BCUT2D eigenvalue weighted by Crippen LogP contribution is -2.13. The maximum atomic E-state index is 11.4. The van der Waals surface area contributed by atoms with Gasteiger partial charge in [-0.15, -0.1) is 0 Å². The van der Waals surface area contributed by atoms with Crippen LogP contribution >= 0.6 is 0 Å². The van der Waals surface area contributed by atoms with E-state index in [1.165, 1.54) is 6.07 Å². The minimum Gasteiger partial charge on any atom is -0.464 e. The largest absolute Gasteiger partial charge is 0.464 e. The topological polar surface area (TPSA) is 63.6 Å². The number of furan rings is 1. The number of hydrogen-bond acceptors (Lipinski definition) is 4. The third-order valence-corrected chi connectivity index (χ3v) is 3.02. The SMILES string of the molecule is CC(C)(O)C=Cc1c2occc2cc2ccc(=O)oc12. The van der Waals surface area contributed by atoms with Gasteiger partial charge in [0.1, 0.15) is 11.2 Å². The van der Waals surface area contributed by atoms with Crippen molar-refractivity contribution in [3.63, 3.8) is 0 Å². The predicted molar refractivity (Wildman–Crippen MR) is 77.6 cm³/mol. The van der Waals surface area contributed by atoms with Crippen LogP contribution in [0.25, 0.3) is 28.0 Å². The van der Waals surface area contributed by atoms with Crippen LogP contribution in [0.4, 0.5) is 0 Å². The second kappa shape index (κ2) is 4.35. The molecule has 0 amide bonds. The van der Waals surface area contributed by atoms with Crippen molar-refractivity contribution in [3.05, 3.63) is 52.6 Å². The highest BCUT2D eigenvalue weighted by Crippen LogP contribution is 2.30. The van der Waals surface area contributed by atoms with Crippen LogP contribution in [0.3, 0.4) is 0 Å². The normalized spacial score (nSPS) is 12.8. The first kappa shape index (κ1) is 12.7. The molecule has 1 aromatic carbocycles. The summed E-state index contributed by atoms with van der Waals surface area (Å²) in [6, 6.07) is 6.85. The van der Waals surface area contributed by atoms with Gasteiger partial charge in [-0.25, -0.2) is 4.79 Å². The summed E-state index contributed by atoms with van der Waals surface area (Å²) in [6.07, 6.45) is 4.94. The zero-order valence-electron chi connectivity index (χ0n) is 11.2. The molecule has 3 rings (SSSR count). The van der Waals surface area contributed by atoms with Gasteiger partial charge in [-0.1, -0.05) is 6.08 Å². The summed E-state index contributed by atoms with van der Waals surface area (Å²) >= 11 is 0. The van der Waals surface area contributed by atoms with Crippen molar-refractivity contribution in [1.82, 2.24) is 0 Å². The van der Waals surface area contributed by atoms with Gasteiger partial charge < -0.3 is 13.9 Å². The third-order valence-electron chi connectivity index (χ3n) is 3.02. The Bertz CT molecular complexity index is 859. The molecule has 0 saturated heterocycles. The number of benzene rings is 1. The summed E-state index contributed by atoms with van der Waals surface area (Å²) in [7, 11) is 0. The molecule has 4 nitrogen and oxygen atoms in total. The molecule has 2 aromatic heterocycles. The van der Waals surface area contributed by atoms with E-state index in [2.05, 4.69) is 0 Å². The Kier molecular flexibility index (Phi) is 2.76. The van der Waals surface area contributed by atoms with Crippen molar-refractivity contribution in [2.24, 2.45) is 0 Å². The summed E-state index contributed by atoms with van der Waals surface area (Å²) in [5.74, 6) is 0. The monoisotopic (exact) mass is 270 g/mol. The van der Waals surface area contributed by atoms with Crippen molar-refractivity contribution >= 4 is 28.0 Å². The standard InChI is InChI=1S/C16H14O4/c1-16(2,18)7-5-12-14-11(6-8-19-14)9-10-3-4-13(17)20-15(10)12/h3-9,18H,1-2H3. The highest BCUT2D eigenvalue weighted by atomic mass is 16.4. The van der Waals surface area contributed by atoms with Crippen molar-refractivity contribution in [2.45, 2.75) is 19.4 Å². The van der Waals surface area contributed by atoms with E-state index in [1.54, 1.807) is 38.3 Å². The van der Waals surface area contributed by atoms with Crippen LogP contribution in [0.5, 0.6) is 0 Å². The quantitative estimate of drug-likeness (QED) is 0.725. The van der Waals surface area contributed by atoms with E-state index in [1.807, 2.05) is 12.1 Å². The Balaban J connectivity index is 2.38. The van der Waals surface area contributed by atoms with Gasteiger partial charge in [0.15, 0.2) is 0 Å². The molecule has 0 fully saturated rings. The van der Waals surface area contributed by atoms with Gasteiger partial charge in [-0.2, -0.15) is 0 Å². The van der Waals surface area contributed by atoms with Crippen LogP contribution in [0.1, 0.15) is 19.4 Å². The summed E-state index contributed by atoms with van der Waals surface area (Å²) in [5, 5.41) is 11.6. The highest BCUT2D eigenvalue weighted by molar-refractivity contribution is 6.01. The highest BCUT2D eigenvalue weighted by Gasteiger charge is 2.13. The van der Waals surface area contributed by atoms with Crippen LogP contribution < -0.4 is 5.63 Å². The summed E-state index contributed by atoms with van der Waals surface area (Å²) in [5.41, 5.74) is 0.368. The average molecular weight is 270 g/mol. The molecule has 4 heteroatoms.